The number of fused-ring (bicyclic) bond motifs is 1. The van der Waals surface area contributed by atoms with Crippen molar-refractivity contribution in [2.45, 2.75) is 26.2 Å². The van der Waals surface area contributed by atoms with Crippen LogP contribution in [0.4, 0.5) is 0 Å². The lowest BCUT2D eigenvalue weighted by Gasteiger charge is -2.19. The van der Waals surface area contributed by atoms with Gasteiger partial charge in [-0.15, -0.1) is 11.3 Å². The number of aromatic nitrogens is 1. The standard InChI is InChI=1S/C18H16ClNO2S/c1-18(2,3)10-4-5-13-11(8-10)12(17(21)22)9-14(20-13)15-6-7-16(19)23-15/h4-9H,1-3H3,(H,21,22). The van der Waals surface area contributed by atoms with E-state index >= 15 is 0 Å². The van der Waals surface area contributed by atoms with Gasteiger partial charge in [0.25, 0.3) is 0 Å². The van der Waals surface area contributed by atoms with E-state index in [9.17, 15) is 9.90 Å². The number of carboxylic acid groups (broad SMARTS) is 1. The van der Waals surface area contributed by atoms with Gasteiger partial charge in [0.05, 0.1) is 26.0 Å². The Balaban J connectivity index is 2.27. The molecule has 23 heavy (non-hydrogen) atoms. The van der Waals surface area contributed by atoms with Crippen molar-refractivity contribution in [3.05, 3.63) is 51.9 Å². The van der Waals surface area contributed by atoms with E-state index < -0.39 is 5.97 Å². The lowest BCUT2D eigenvalue weighted by molar-refractivity contribution is 0.0699. The fourth-order valence-corrected chi connectivity index (χ4v) is 3.45. The van der Waals surface area contributed by atoms with Crippen LogP contribution in [0, 0.1) is 0 Å². The highest BCUT2D eigenvalue weighted by atomic mass is 35.5. The maximum Gasteiger partial charge on any atom is 0.336 e. The number of carboxylic acids is 1. The molecular weight excluding hydrogens is 330 g/mol. The monoisotopic (exact) mass is 345 g/mol. The summed E-state index contributed by atoms with van der Waals surface area (Å²) >= 11 is 7.36. The Morgan fingerprint density at radius 3 is 2.48 bits per heavy atom. The van der Waals surface area contributed by atoms with Gasteiger partial charge in [-0.1, -0.05) is 38.4 Å². The van der Waals surface area contributed by atoms with Crippen molar-refractivity contribution in [2.24, 2.45) is 0 Å². The molecule has 0 aliphatic rings. The van der Waals surface area contributed by atoms with Crippen LogP contribution in [0.2, 0.25) is 4.34 Å². The summed E-state index contributed by atoms with van der Waals surface area (Å²) < 4.78 is 0.654. The number of hydrogen-bond acceptors (Lipinski definition) is 3. The Kier molecular flexibility index (Phi) is 3.90. The first-order chi connectivity index (χ1) is 10.8. The van der Waals surface area contributed by atoms with E-state index in [-0.39, 0.29) is 11.0 Å². The Bertz CT molecular complexity index is 909. The normalized spacial score (nSPS) is 11.8. The van der Waals surface area contributed by atoms with E-state index in [1.54, 1.807) is 12.1 Å². The lowest BCUT2D eigenvalue weighted by atomic mass is 9.86. The SMILES string of the molecule is CC(C)(C)c1ccc2nc(-c3ccc(Cl)s3)cc(C(=O)O)c2c1. The molecule has 0 saturated carbocycles. The second-order valence-electron chi connectivity index (χ2n) is 6.45. The van der Waals surface area contributed by atoms with Crippen LogP contribution in [0.3, 0.4) is 0 Å². The number of hydrogen-bond donors (Lipinski definition) is 1. The first-order valence-electron chi connectivity index (χ1n) is 7.20. The Hall–Kier alpha value is -1.91. The first kappa shape index (κ1) is 16.0. The topological polar surface area (TPSA) is 50.2 Å². The smallest absolute Gasteiger partial charge is 0.336 e. The van der Waals surface area contributed by atoms with Crippen LogP contribution in [0.5, 0.6) is 0 Å². The van der Waals surface area contributed by atoms with Gasteiger partial charge < -0.3 is 5.11 Å². The predicted octanol–water partition coefficient (Wildman–Crippen LogP) is 5.61. The van der Waals surface area contributed by atoms with E-state index in [4.69, 9.17) is 11.6 Å². The lowest BCUT2D eigenvalue weighted by Crippen LogP contribution is -2.11. The third kappa shape index (κ3) is 3.09. The third-order valence-corrected chi connectivity index (χ3v) is 4.98. The van der Waals surface area contributed by atoms with Crippen molar-refractivity contribution in [1.29, 1.82) is 0 Å². The number of aromatic carboxylic acids is 1. The number of nitrogens with zero attached hydrogens (tertiary/aromatic N) is 1. The van der Waals surface area contributed by atoms with Crippen molar-refractivity contribution in [1.82, 2.24) is 4.98 Å². The number of benzene rings is 1. The summed E-state index contributed by atoms with van der Waals surface area (Å²) in [6, 6.07) is 11.1. The predicted molar refractivity (Wildman–Crippen MR) is 95.7 cm³/mol. The van der Waals surface area contributed by atoms with E-state index in [0.29, 0.717) is 20.9 Å². The Morgan fingerprint density at radius 2 is 1.91 bits per heavy atom. The van der Waals surface area contributed by atoms with Crippen LogP contribution >= 0.6 is 22.9 Å². The zero-order valence-corrected chi connectivity index (χ0v) is 14.6. The Morgan fingerprint density at radius 1 is 1.17 bits per heavy atom. The number of halogens is 1. The summed E-state index contributed by atoms with van der Waals surface area (Å²) in [5.74, 6) is -0.952. The average molecular weight is 346 g/mol. The average Bonchev–Trinajstić information content (AvgIpc) is 2.91. The minimum atomic E-state index is -0.952. The summed E-state index contributed by atoms with van der Waals surface area (Å²) in [4.78, 5) is 17.2. The molecule has 0 atom stereocenters. The Labute approximate surface area is 143 Å². The highest BCUT2D eigenvalue weighted by molar-refractivity contribution is 7.19. The number of pyridine rings is 1. The second kappa shape index (κ2) is 5.62. The summed E-state index contributed by atoms with van der Waals surface area (Å²) in [7, 11) is 0. The molecule has 1 N–H and O–H groups in total. The van der Waals surface area contributed by atoms with Gasteiger partial charge >= 0.3 is 5.97 Å². The molecule has 0 radical (unpaired) electrons. The van der Waals surface area contributed by atoms with E-state index in [1.807, 2.05) is 24.3 Å². The molecule has 0 aliphatic heterocycles. The quantitative estimate of drug-likeness (QED) is 0.656. The van der Waals surface area contributed by atoms with Gasteiger partial charge in [0.1, 0.15) is 0 Å². The van der Waals surface area contributed by atoms with Crippen LogP contribution in [-0.4, -0.2) is 16.1 Å². The van der Waals surface area contributed by atoms with Gasteiger partial charge in [-0.25, -0.2) is 9.78 Å². The molecule has 0 aliphatic carbocycles. The molecule has 5 heteroatoms. The van der Waals surface area contributed by atoms with Crippen LogP contribution in [-0.2, 0) is 5.41 Å². The summed E-state index contributed by atoms with van der Waals surface area (Å²) in [5.41, 5.74) is 2.61. The van der Waals surface area contributed by atoms with Gasteiger partial charge in [-0.2, -0.15) is 0 Å². The molecule has 1 aromatic carbocycles. The minimum Gasteiger partial charge on any atom is -0.478 e. The fourth-order valence-electron chi connectivity index (χ4n) is 2.45. The zero-order chi connectivity index (χ0) is 16.8. The van der Waals surface area contributed by atoms with Crippen molar-refractivity contribution < 1.29 is 9.90 Å². The molecule has 0 spiro atoms. The molecule has 0 bridgehead atoms. The van der Waals surface area contributed by atoms with Crippen LogP contribution in [0.25, 0.3) is 21.5 Å². The van der Waals surface area contributed by atoms with Crippen molar-refractivity contribution in [3.8, 4) is 10.6 Å². The molecule has 3 rings (SSSR count). The molecule has 3 nitrogen and oxygen atoms in total. The highest BCUT2D eigenvalue weighted by Crippen LogP contribution is 2.33. The maximum atomic E-state index is 11.7. The maximum absolute atomic E-state index is 11.7. The summed E-state index contributed by atoms with van der Waals surface area (Å²) in [6.45, 7) is 6.30. The molecule has 0 amide bonds. The van der Waals surface area contributed by atoms with Crippen molar-refractivity contribution >= 4 is 39.8 Å². The van der Waals surface area contributed by atoms with Crippen LogP contribution < -0.4 is 0 Å². The fraction of sp³-hybridized carbons (Fsp3) is 0.222. The molecule has 2 aromatic heterocycles. The van der Waals surface area contributed by atoms with E-state index in [2.05, 4.69) is 25.8 Å². The first-order valence-corrected chi connectivity index (χ1v) is 8.39. The van der Waals surface area contributed by atoms with Gasteiger partial charge in [-0.3, -0.25) is 0 Å². The second-order valence-corrected chi connectivity index (χ2v) is 8.16. The largest absolute Gasteiger partial charge is 0.478 e. The third-order valence-electron chi connectivity index (χ3n) is 3.73. The molecule has 3 aromatic rings. The van der Waals surface area contributed by atoms with Crippen LogP contribution in [0.1, 0.15) is 36.7 Å². The van der Waals surface area contributed by atoms with Crippen molar-refractivity contribution in [3.63, 3.8) is 0 Å². The molecule has 0 unspecified atom stereocenters. The van der Waals surface area contributed by atoms with Crippen molar-refractivity contribution in [2.75, 3.05) is 0 Å². The van der Waals surface area contributed by atoms with Gasteiger partial charge in [0, 0.05) is 5.39 Å². The molecule has 2 heterocycles. The zero-order valence-electron chi connectivity index (χ0n) is 13.1. The number of rotatable bonds is 2. The van der Waals surface area contributed by atoms with Crippen LogP contribution in [0.15, 0.2) is 36.4 Å². The van der Waals surface area contributed by atoms with Gasteiger partial charge in [-0.05, 0) is 41.3 Å². The molecule has 0 saturated heterocycles. The summed E-state index contributed by atoms with van der Waals surface area (Å²) in [5, 5.41) is 10.3. The van der Waals surface area contributed by atoms with Gasteiger partial charge in [0.2, 0.25) is 0 Å². The summed E-state index contributed by atoms with van der Waals surface area (Å²) in [6.07, 6.45) is 0. The van der Waals surface area contributed by atoms with Gasteiger partial charge in [0.15, 0.2) is 0 Å². The molecular formula is C18H16ClNO2S. The number of carbonyl (C=O) groups is 1. The molecule has 0 fully saturated rings. The minimum absolute atomic E-state index is 0.0517. The van der Waals surface area contributed by atoms with E-state index in [1.165, 1.54) is 11.3 Å². The van der Waals surface area contributed by atoms with E-state index in [0.717, 1.165) is 10.4 Å². The highest BCUT2D eigenvalue weighted by Gasteiger charge is 2.18. The molecule has 118 valence electrons. The number of thiophene rings is 1.